The summed E-state index contributed by atoms with van der Waals surface area (Å²) in [5.41, 5.74) is 6.82. The van der Waals surface area contributed by atoms with E-state index in [1.54, 1.807) is 24.3 Å². The van der Waals surface area contributed by atoms with Gasteiger partial charge in [-0.2, -0.15) is 0 Å². The fourth-order valence-electron chi connectivity index (χ4n) is 1.13. The van der Waals surface area contributed by atoms with Crippen molar-refractivity contribution in [2.24, 2.45) is 5.73 Å². The summed E-state index contributed by atoms with van der Waals surface area (Å²) in [6, 6.07) is 6.36. The maximum absolute atomic E-state index is 11.2. The highest BCUT2D eigenvalue weighted by Gasteiger charge is 2.16. The van der Waals surface area contributed by atoms with Crippen LogP contribution in [0.25, 0.3) is 0 Å². The molecule has 0 fully saturated rings. The van der Waals surface area contributed by atoms with Crippen molar-refractivity contribution < 1.29 is 9.53 Å². The lowest BCUT2D eigenvalue weighted by atomic mass is 10.0. The molecule has 0 aliphatic rings. The lowest BCUT2D eigenvalue weighted by Gasteiger charge is -2.13. The van der Waals surface area contributed by atoms with Crippen molar-refractivity contribution in [2.45, 2.75) is 6.04 Å². The van der Waals surface area contributed by atoms with Gasteiger partial charge in [0.25, 0.3) is 0 Å². The summed E-state index contributed by atoms with van der Waals surface area (Å²) in [6.45, 7) is 3.59. The van der Waals surface area contributed by atoms with Gasteiger partial charge in [-0.05, 0) is 17.7 Å². The smallest absolute Gasteiger partial charge is 0.335 e. The van der Waals surface area contributed by atoms with E-state index in [-0.39, 0.29) is 18.0 Å². The number of hydrogen-bond donors (Lipinski definition) is 1. The molecule has 0 saturated carbocycles. The third-order valence-corrected chi connectivity index (χ3v) is 2.30. The van der Waals surface area contributed by atoms with Gasteiger partial charge in [0.05, 0.1) is 18.7 Å². The van der Waals surface area contributed by atoms with Crippen LogP contribution in [0.5, 0.6) is 0 Å². The van der Waals surface area contributed by atoms with Gasteiger partial charge in [-0.25, -0.2) is 4.79 Å². The molecule has 16 heavy (non-hydrogen) atoms. The molecule has 0 unspecified atom stereocenters. The second-order valence-corrected chi connectivity index (χ2v) is 3.48. The van der Waals surface area contributed by atoms with Gasteiger partial charge in [0.1, 0.15) is 0 Å². The third kappa shape index (κ3) is 3.52. The summed E-state index contributed by atoms with van der Waals surface area (Å²) >= 11 is 5.73. The van der Waals surface area contributed by atoms with Crippen LogP contribution < -0.4 is 5.73 Å². The van der Waals surface area contributed by atoms with Crippen LogP contribution in [0.1, 0.15) is 11.6 Å². The van der Waals surface area contributed by atoms with Crippen LogP contribution in [-0.4, -0.2) is 13.1 Å². The highest BCUT2D eigenvalue weighted by molar-refractivity contribution is 6.30. The largest absolute Gasteiger partial charge is 0.466 e. The number of esters is 1. The van der Waals surface area contributed by atoms with Crippen molar-refractivity contribution in [2.75, 3.05) is 7.11 Å². The number of carbonyl (C=O) groups is 1. The lowest BCUT2D eigenvalue weighted by Crippen LogP contribution is -2.19. The first-order valence-electron chi connectivity index (χ1n) is 4.34. The number of ether oxygens (including phenoxy) is 1. The number of hydrogen-bond acceptors (Lipinski definition) is 3. The molecule has 0 amide bonds. The topological polar surface area (TPSA) is 52.3 Å². The van der Waals surface area contributed by atoms with Gasteiger partial charge >= 0.3 is 5.97 Å². The van der Waals surface area contributed by atoms with E-state index < -0.39 is 12.0 Å². The second kappa shape index (κ2) is 6.53. The molecule has 1 aromatic carbocycles. The molecule has 0 spiro atoms. The predicted octanol–water partition coefficient (Wildman–Crippen LogP) is 2.49. The van der Waals surface area contributed by atoms with Crippen LogP contribution in [0.3, 0.4) is 0 Å². The van der Waals surface area contributed by atoms with Crippen LogP contribution in [0.15, 0.2) is 36.4 Å². The Morgan fingerprint density at radius 3 is 2.38 bits per heavy atom. The first kappa shape index (κ1) is 15.0. The Balaban J connectivity index is 0.00000225. The molecule has 2 N–H and O–H groups in total. The SMILES string of the molecule is C=C(C(=O)OC)[C@H](N)c1ccc(Cl)cc1.Cl. The van der Waals surface area contributed by atoms with Gasteiger partial charge in [0.15, 0.2) is 0 Å². The maximum atomic E-state index is 11.2. The van der Waals surface area contributed by atoms with E-state index in [2.05, 4.69) is 11.3 Å². The Labute approximate surface area is 106 Å². The van der Waals surface area contributed by atoms with Crippen molar-refractivity contribution in [1.82, 2.24) is 0 Å². The Kier molecular flexibility index (Phi) is 6.11. The third-order valence-electron chi connectivity index (χ3n) is 2.05. The molecular weight excluding hydrogens is 249 g/mol. The minimum Gasteiger partial charge on any atom is -0.466 e. The van der Waals surface area contributed by atoms with Crippen LogP contribution >= 0.6 is 24.0 Å². The molecule has 88 valence electrons. The molecule has 0 aliphatic heterocycles. The van der Waals surface area contributed by atoms with Gasteiger partial charge < -0.3 is 10.5 Å². The molecule has 1 atom stereocenters. The number of benzene rings is 1. The number of nitrogens with two attached hydrogens (primary N) is 1. The van der Waals surface area contributed by atoms with E-state index in [9.17, 15) is 4.79 Å². The molecule has 1 aromatic rings. The summed E-state index contributed by atoms with van der Waals surface area (Å²) in [5.74, 6) is -0.502. The zero-order valence-electron chi connectivity index (χ0n) is 8.77. The van der Waals surface area contributed by atoms with Gasteiger partial charge in [0.2, 0.25) is 0 Å². The first-order chi connectivity index (χ1) is 7.06. The van der Waals surface area contributed by atoms with Gasteiger partial charge in [-0.15, -0.1) is 12.4 Å². The van der Waals surface area contributed by atoms with Gasteiger partial charge in [-0.1, -0.05) is 30.3 Å². The lowest BCUT2D eigenvalue weighted by molar-refractivity contribution is -0.136. The quantitative estimate of drug-likeness (QED) is 0.672. The number of rotatable bonds is 3. The van der Waals surface area contributed by atoms with Crippen molar-refractivity contribution in [3.05, 3.63) is 47.0 Å². The van der Waals surface area contributed by atoms with Crippen molar-refractivity contribution in [3.63, 3.8) is 0 Å². The van der Waals surface area contributed by atoms with E-state index in [0.717, 1.165) is 5.56 Å². The molecule has 0 aromatic heterocycles. The van der Waals surface area contributed by atoms with Crippen LogP contribution in [-0.2, 0) is 9.53 Å². The van der Waals surface area contributed by atoms with E-state index in [4.69, 9.17) is 17.3 Å². The zero-order valence-corrected chi connectivity index (χ0v) is 10.3. The van der Waals surface area contributed by atoms with Crippen molar-refractivity contribution >= 4 is 30.0 Å². The standard InChI is InChI=1S/C11H12ClNO2.ClH/c1-7(11(14)15-2)10(13)8-3-5-9(12)6-4-8;/h3-6,10H,1,13H2,2H3;1H/t10-;/m0./s1. The Morgan fingerprint density at radius 1 is 1.44 bits per heavy atom. The normalized spacial score (nSPS) is 11.2. The van der Waals surface area contributed by atoms with E-state index in [1.807, 2.05) is 0 Å². The number of methoxy groups -OCH3 is 1. The average Bonchev–Trinajstić information content (AvgIpc) is 2.27. The summed E-state index contributed by atoms with van der Waals surface area (Å²) in [5, 5.41) is 0.620. The molecule has 3 nitrogen and oxygen atoms in total. The number of halogens is 2. The summed E-state index contributed by atoms with van der Waals surface area (Å²) in [7, 11) is 1.29. The van der Waals surface area contributed by atoms with Crippen molar-refractivity contribution in [1.29, 1.82) is 0 Å². The Hall–Kier alpha value is -1.03. The van der Waals surface area contributed by atoms with Gasteiger partial charge in [0, 0.05) is 5.02 Å². The molecular formula is C11H13Cl2NO2. The summed E-state index contributed by atoms with van der Waals surface area (Å²) in [4.78, 5) is 11.2. The minimum atomic E-state index is -0.560. The molecule has 0 radical (unpaired) electrons. The highest BCUT2D eigenvalue weighted by Crippen LogP contribution is 2.20. The van der Waals surface area contributed by atoms with Crippen LogP contribution in [0.2, 0.25) is 5.02 Å². The van der Waals surface area contributed by atoms with E-state index in [1.165, 1.54) is 7.11 Å². The van der Waals surface area contributed by atoms with E-state index in [0.29, 0.717) is 5.02 Å². The zero-order chi connectivity index (χ0) is 11.4. The average molecular weight is 262 g/mol. The molecule has 0 saturated heterocycles. The monoisotopic (exact) mass is 261 g/mol. The van der Waals surface area contributed by atoms with Crippen molar-refractivity contribution in [3.8, 4) is 0 Å². The molecule has 0 bridgehead atoms. The predicted molar refractivity (Wildman–Crippen MR) is 66.8 cm³/mol. The van der Waals surface area contributed by atoms with Crippen LogP contribution in [0, 0.1) is 0 Å². The maximum Gasteiger partial charge on any atom is 0.335 e. The molecule has 1 rings (SSSR count). The Bertz CT molecular complexity index is 376. The molecule has 0 heterocycles. The summed E-state index contributed by atoms with van der Waals surface area (Å²) < 4.78 is 4.53. The van der Waals surface area contributed by atoms with E-state index >= 15 is 0 Å². The Morgan fingerprint density at radius 2 is 1.94 bits per heavy atom. The second-order valence-electron chi connectivity index (χ2n) is 3.05. The molecule has 5 heteroatoms. The van der Waals surface area contributed by atoms with Gasteiger partial charge in [-0.3, -0.25) is 0 Å². The number of carbonyl (C=O) groups excluding carboxylic acids is 1. The molecule has 0 aliphatic carbocycles. The fraction of sp³-hybridized carbons (Fsp3) is 0.182. The fourth-order valence-corrected chi connectivity index (χ4v) is 1.26. The summed E-state index contributed by atoms with van der Waals surface area (Å²) in [6.07, 6.45) is 0. The first-order valence-corrected chi connectivity index (χ1v) is 4.72. The minimum absolute atomic E-state index is 0. The van der Waals surface area contributed by atoms with Crippen LogP contribution in [0.4, 0.5) is 0 Å². The highest BCUT2D eigenvalue weighted by atomic mass is 35.5.